The summed E-state index contributed by atoms with van der Waals surface area (Å²) in [6, 6.07) is 0. The Hall–Kier alpha value is -1.41. The number of aliphatic hydroxyl groups is 5. The van der Waals surface area contributed by atoms with Crippen molar-refractivity contribution in [2.75, 3.05) is 26.4 Å². The van der Waals surface area contributed by atoms with E-state index in [1.165, 1.54) is 25.7 Å². The van der Waals surface area contributed by atoms with Crippen LogP contribution in [0.4, 0.5) is 0 Å². The van der Waals surface area contributed by atoms with Gasteiger partial charge in [0, 0.05) is 25.2 Å². The molecule has 14 heteroatoms. The van der Waals surface area contributed by atoms with Crippen molar-refractivity contribution in [2.45, 2.75) is 180 Å². The molecule has 0 amide bonds. The van der Waals surface area contributed by atoms with E-state index >= 15 is 0 Å². The van der Waals surface area contributed by atoms with Gasteiger partial charge in [-0.05, 0) is 37.5 Å². The van der Waals surface area contributed by atoms with Gasteiger partial charge < -0.3 is 39.9 Å². The van der Waals surface area contributed by atoms with Gasteiger partial charge in [-0.25, -0.2) is 4.57 Å². The molecule has 8 atom stereocenters. The van der Waals surface area contributed by atoms with Gasteiger partial charge in [0.05, 0.1) is 38.1 Å². The number of esters is 2. The number of rotatable bonds is 33. The maximum absolute atomic E-state index is 12.6. The minimum absolute atomic E-state index is 0.0975. The Bertz CT molecular complexity index is 1030. The summed E-state index contributed by atoms with van der Waals surface area (Å²) in [6.45, 7) is 4.26. The summed E-state index contributed by atoms with van der Waals surface area (Å²) in [7, 11) is -4.66. The van der Waals surface area contributed by atoms with Crippen molar-refractivity contribution in [3.8, 4) is 0 Å². The Morgan fingerprint density at radius 3 is 2.00 bits per heavy atom. The van der Waals surface area contributed by atoms with Crippen LogP contribution in [-0.4, -0.2) is 99.3 Å². The lowest BCUT2D eigenvalue weighted by atomic mass is 9.88. The highest BCUT2D eigenvalue weighted by Gasteiger charge is 2.39. The number of phosphoric ester groups is 1. The Morgan fingerprint density at radius 1 is 0.774 bits per heavy atom. The van der Waals surface area contributed by atoms with E-state index in [1.54, 1.807) is 6.08 Å². The van der Waals surface area contributed by atoms with Gasteiger partial charge in [-0.1, -0.05) is 116 Å². The van der Waals surface area contributed by atoms with Crippen LogP contribution in [0.3, 0.4) is 0 Å². The molecular formula is C39H73O13P. The fraction of sp³-hybridized carbons (Fsp3) is 0.897. The number of phosphoric acid groups is 1. The Kier molecular flexibility index (Phi) is 27.9. The summed E-state index contributed by atoms with van der Waals surface area (Å²) >= 11 is 0. The second-order valence-corrected chi connectivity index (χ2v) is 16.6. The van der Waals surface area contributed by atoms with E-state index < -0.39 is 70.1 Å². The second-order valence-electron chi connectivity index (χ2n) is 15.1. The van der Waals surface area contributed by atoms with Crippen LogP contribution in [0.25, 0.3) is 0 Å². The number of carbonyl (C=O) groups is 2. The number of hydrogen-bond donors (Lipinski definition) is 6. The maximum atomic E-state index is 12.6. The Balaban J connectivity index is 2.48. The van der Waals surface area contributed by atoms with E-state index in [2.05, 4.69) is 25.3 Å². The van der Waals surface area contributed by atoms with Gasteiger partial charge in [-0.15, -0.1) is 0 Å². The van der Waals surface area contributed by atoms with E-state index in [0.29, 0.717) is 32.1 Å². The number of carbonyl (C=O) groups excluding carboxylic acids is 2. The molecule has 1 rings (SSSR count). The summed E-state index contributed by atoms with van der Waals surface area (Å²) < 4.78 is 32.6. The Morgan fingerprint density at radius 2 is 1.36 bits per heavy atom. The van der Waals surface area contributed by atoms with Crippen LogP contribution in [0, 0.1) is 17.8 Å². The minimum atomic E-state index is -4.66. The lowest BCUT2D eigenvalue weighted by Gasteiger charge is -2.21. The molecule has 0 aliphatic heterocycles. The molecule has 0 spiro atoms. The Labute approximate surface area is 318 Å². The second kappa shape index (κ2) is 29.8. The molecule has 0 aromatic rings. The van der Waals surface area contributed by atoms with E-state index in [1.807, 2.05) is 6.08 Å². The van der Waals surface area contributed by atoms with Crippen molar-refractivity contribution in [3.05, 3.63) is 12.2 Å². The average Bonchev–Trinajstić information content (AvgIpc) is 3.38. The molecule has 0 aromatic carbocycles. The molecule has 0 aromatic heterocycles. The summed E-state index contributed by atoms with van der Waals surface area (Å²) in [5.41, 5.74) is 0. The molecule has 1 aliphatic carbocycles. The van der Waals surface area contributed by atoms with E-state index in [0.717, 1.165) is 63.7 Å². The first kappa shape index (κ1) is 49.6. The van der Waals surface area contributed by atoms with Crippen molar-refractivity contribution in [1.29, 1.82) is 0 Å². The first-order valence-electron chi connectivity index (χ1n) is 20.3. The molecule has 6 N–H and O–H groups in total. The van der Waals surface area contributed by atoms with Crippen LogP contribution in [0.5, 0.6) is 0 Å². The zero-order valence-electron chi connectivity index (χ0n) is 32.7. The van der Waals surface area contributed by atoms with Crippen molar-refractivity contribution < 1.29 is 63.1 Å². The third-order valence-electron chi connectivity index (χ3n) is 9.70. The minimum Gasteiger partial charge on any atom is -0.462 e. The lowest BCUT2D eigenvalue weighted by molar-refractivity contribution is -0.161. The van der Waals surface area contributed by atoms with E-state index in [-0.39, 0.29) is 31.3 Å². The van der Waals surface area contributed by atoms with Crippen LogP contribution in [0.2, 0.25) is 0 Å². The highest BCUT2D eigenvalue weighted by atomic mass is 31.2. The molecule has 0 saturated heterocycles. The molecule has 0 bridgehead atoms. The van der Waals surface area contributed by atoms with Crippen LogP contribution >= 0.6 is 7.82 Å². The lowest BCUT2D eigenvalue weighted by Crippen LogP contribution is -2.29. The van der Waals surface area contributed by atoms with Gasteiger partial charge in [0.1, 0.15) is 12.7 Å². The quantitative estimate of drug-likeness (QED) is 0.0187. The average molecular weight is 781 g/mol. The van der Waals surface area contributed by atoms with Crippen LogP contribution in [-0.2, 0) is 32.7 Å². The molecule has 0 radical (unpaired) electrons. The predicted octanol–water partition coefficient (Wildman–Crippen LogP) is 6.29. The highest BCUT2D eigenvalue weighted by molar-refractivity contribution is 7.47. The maximum Gasteiger partial charge on any atom is 0.472 e. The third kappa shape index (κ3) is 25.4. The number of aliphatic hydroxyl groups excluding tert-OH is 5. The van der Waals surface area contributed by atoms with Gasteiger partial charge in [-0.3, -0.25) is 18.6 Å². The number of ether oxygens (including phenoxy) is 2. The third-order valence-corrected chi connectivity index (χ3v) is 10.6. The normalized spacial score (nSPS) is 21.8. The van der Waals surface area contributed by atoms with Crippen LogP contribution in [0.15, 0.2) is 12.2 Å². The van der Waals surface area contributed by atoms with Crippen molar-refractivity contribution in [2.24, 2.45) is 17.8 Å². The molecule has 1 unspecified atom stereocenters. The van der Waals surface area contributed by atoms with Crippen molar-refractivity contribution in [3.63, 3.8) is 0 Å². The molecule has 13 nitrogen and oxygen atoms in total. The molecular weight excluding hydrogens is 707 g/mol. The fourth-order valence-corrected chi connectivity index (χ4v) is 7.30. The molecule has 0 heterocycles. The SMILES string of the molecule is CCCCC[C@H](O)/C=C/[C@@H]1[C@@H](CCCCCCC(=O)OC[C@H](COP(=O)(O)OC[C@@H](O)CO)OC(=O)CCCCCCCCCC(C)C)[C@@H](O)C[C@H]1O. The van der Waals surface area contributed by atoms with Crippen molar-refractivity contribution in [1.82, 2.24) is 0 Å². The molecule has 1 saturated carbocycles. The number of unbranched alkanes of at least 4 members (excludes halogenated alkanes) is 11. The highest BCUT2D eigenvalue weighted by Crippen LogP contribution is 2.43. The summed E-state index contributed by atoms with van der Waals surface area (Å²) in [5.74, 6) is -0.655. The number of hydrogen-bond acceptors (Lipinski definition) is 12. The van der Waals surface area contributed by atoms with Gasteiger partial charge in [-0.2, -0.15) is 0 Å². The zero-order chi connectivity index (χ0) is 39.5. The van der Waals surface area contributed by atoms with Gasteiger partial charge in [0.25, 0.3) is 0 Å². The topological polar surface area (TPSA) is 210 Å². The van der Waals surface area contributed by atoms with Gasteiger partial charge in [0.15, 0.2) is 6.10 Å². The van der Waals surface area contributed by atoms with Gasteiger partial charge in [0.2, 0.25) is 0 Å². The first-order chi connectivity index (χ1) is 25.3. The standard InChI is InChI=1S/C39H73O13P/c1-4-5-13-19-31(41)23-24-35-34(36(43)25-37(35)44)20-15-11-12-16-21-38(45)49-28-33(29-51-53(47,48)50-27-32(42)26-40)52-39(46)22-17-10-8-6-7-9-14-18-30(2)3/h23-24,30-37,40-44H,4-22,25-29H2,1-3H3,(H,47,48)/b24-23+/t31-,32-,33+,34+,35+,36-,37+/m0/s1. The summed E-state index contributed by atoms with van der Waals surface area (Å²) in [5, 5.41) is 49.6. The zero-order valence-corrected chi connectivity index (χ0v) is 33.6. The first-order valence-corrected chi connectivity index (χ1v) is 21.8. The largest absolute Gasteiger partial charge is 0.472 e. The molecule has 1 fully saturated rings. The van der Waals surface area contributed by atoms with Gasteiger partial charge >= 0.3 is 19.8 Å². The molecule has 312 valence electrons. The van der Waals surface area contributed by atoms with E-state index in [4.69, 9.17) is 19.1 Å². The van der Waals surface area contributed by atoms with Crippen LogP contribution < -0.4 is 0 Å². The van der Waals surface area contributed by atoms with Crippen LogP contribution in [0.1, 0.15) is 149 Å². The molecule has 1 aliphatic rings. The smallest absolute Gasteiger partial charge is 0.462 e. The monoisotopic (exact) mass is 780 g/mol. The van der Waals surface area contributed by atoms with Crippen molar-refractivity contribution >= 4 is 19.8 Å². The van der Waals surface area contributed by atoms with E-state index in [9.17, 15) is 39.5 Å². The molecule has 53 heavy (non-hydrogen) atoms. The summed E-state index contributed by atoms with van der Waals surface area (Å²) in [6.07, 6.45) is 15.7. The summed E-state index contributed by atoms with van der Waals surface area (Å²) in [4.78, 5) is 35.0. The fourth-order valence-electron chi connectivity index (χ4n) is 6.51. The predicted molar refractivity (Wildman–Crippen MR) is 203 cm³/mol.